The first-order chi connectivity index (χ1) is 10.4. The van der Waals surface area contributed by atoms with Gasteiger partial charge >= 0.3 is 6.36 Å². The summed E-state index contributed by atoms with van der Waals surface area (Å²) in [6.07, 6.45) is -2.57. The number of aromatic nitrogens is 1. The maximum Gasteiger partial charge on any atom is 0.573 e. The topological polar surface area (TPSA) is 63.2 Å². The van der Waals surface area contributed by atoms with Crippen molar-refractivity contribution >= 4 is 32.6 Å². The standard InChI is InChI=1S/C13H12F3N3O2S/c14-13(15,16)21-8-3-4-9-10(5-8)22-12(18-9)19-11(20)6-17-7-1-2-7/h3-5,7,17H,1-2,6H2,(H,18,19,20). The van der Waals surface area contributed by atoms with Gasteiger partial charge in [-0.25, -0.2) is 4.98 Å². The minimum atomic E-state index is -4.73. The van der Waals surface area contributed by atoms with E-state index in [0.29, 0.717) is 21.4 Å². The predicted octanol–water partition coefficient (Wildman–Crippen LogP) is 2.89. The molecule has 1 saturated carbocycles. The van der Waals surface area contributed by atoms with Crippen LogP contribution in [0.2, 0.25) is 0 Å². The van der Waals surface area contributed by atoms with Gasteiger partial charge in [0.05, 0.1) is 16.8 Å². The molecule has 0 radical (unpaired) electrons. The first kappa shape index (κ1) is 15.0. The van der Waals surface area contributed by atoms with Gasteiger partial charge in [-0.2, -0.15) is 0 Å². The van der Waals surface area contributed by atoms with E-state index in [1.807, 2.05) is 0 Å². The van der Waals surface area contributed by atoms with Crippen molar-refractivity contribution in [3.8, 4) is 5.75 Å². The van der Waals surface area contributed by atoms with Gasteiger partial charge in [0.25, 0.3) is 0 Å². The highest BCUT2D eigenvalue weighted by molar-refractivity contribution is 7.22. The van der Waals surface area contributed by atoms with E-state index in [9.17, 15) is 18.0 Å². The number of nitrogens with zero attached hydrogens (tertiary/aromatic N) is 1. The molecule has 22 heavy (non-hydrogen) atoms. The first-order valence-electron chi connectivity index (χ1n) is 6.59. The molecule has 9 heteroatoms. The number of halogens is 3. The summed E-state index contributed by atoms with van der Waals surface area (Å²) in [6.45, 7) is 0.197. The van der Waals surface area contributed by atoms with E-state index in [-0.39, 0.29) is 18.2 Å². The van der Waals surface area contributed by atoms with E-state index < -0.39 is 6.36 Å². The van der Waals surface area contributed by atoms with Crippen LogP contribution < -0.4 is 15.4 Å². The molecule has 0 saturated heterocycles. The Labute approximate surface area is 127 Å². The van der Waals surface area contributed by atoms with Crippen molar-refractivity contribution in [2.24, 2.45) is 0 Å². The average Bonchev–Trinajstić information content (AvgIpc) is 3.15. The number of benzene rings is 1. The van der Waals surface area contributed by atoms with Crippen molar-refractivity contribution in [1.82, 2.24) is 10.3 Å². The van der Waals surface area contributed by atoms with E-state index in [4.69, 9.17) is 0 Å². The Kier molecular flexibility index (Phi) is 3.92. The van der Waals surface area contributed by atoms with Gasteiger partial charge in [0.2, 0.25) is 5.91 Å². The molecule has 3 rings (SSSR count). The minimum Gasteiger partial charge on any atom is -0.406 e. The second-order valence-corrected chi connectivity index (χ2v) is 5.93. The summed E-state index contributed by atoms with van der Waals surface area (Å²) in [6, 6.07) is 4.28. The molecule has 0 atom stereocenters. The van der Waals surface area contributed by atoms with Crippen molar-refractivity contribution < 1.29 is 22.7 Å². The van der Waals surface area contributed by atoms with Gasteiger partial charge in [0, 0.05) is 12.1 Å². The lowest BCUT2D eigenvalue weighted by molar-refractivity contribution is -0.274. The smallest absolute Gasteiger partial charge is 0.406 e. The normalized spacial score (nSPS) is 15.0. The van der Waals surface area contributed by atoms with Crippen LogP contribution in [0.15, 0.2) is 18.2 Å². The Morgan fingerprint density at radius 3 is 2.86 bits per heavy atom. The van der Waals surface area contributed by atoms with Crippen LogP contribution in [0.25, 0.3) is 10.2 Å². The zero-order valence-electron chi connectivity index (χ0n) is 11.2. The zero-order valence-corrected chi connectivity index (χ0v) is 12.1. The number of alkyl halides is 3. The molecule has 0 aliphatic heterocycles. The lowest BCUT2D eigenvalue weighted by Crippen LogP contribution is -2.29. The molecule has 5 nitrogen and oxygen atoms in total. The van der Waals surface area contributed by atoms with E-state index in [0.717, 1.165) is 24.2 Å². The fourth-order valence-corrected chi connectivity index (χ4v) is 2.75. The molecule has 1 aromatic heterocycles. The third kappa shape index (κ3) is 4.08. The van der Waals surface area contributed by atoms with Gasteiger partial charge < -0.3 is 15.4 Å². The summed E-state index contributed by atoms with van der Waals surface area (Å²) in [7, 11) is 0. The van der Waals surface area contributed by atoms with Crippen LogP contribution in [0, 0.1) is 0 Å². The number of carbonyl (C=O) groups excluding carboxylic acids is 1. The number of rotatable bonds is 5. The number of anilines is 1. The minimum absolute atomic E-state index is 0.197. The highest BCUT2D eigenvalue weighted by atomic mass is 32.1. The molecule has 0 unspecified atom stereocenters. The van der Waals surface area contributed by atoms with Crippen molar-refractivity contribution in [1.29, 1.82) is 0 Å². The monoisotopic (exact) mass is 331 g/mol. The van der Waals surface area contributed by atoms with Crippen LogP contribution >= 0.6 is 11.3 Å². The van der Waals surface area contributed by atoms with Gasteiger partial charge in [-0.1, -0.05) is 11.3 Å². The lowest BCUT2D eigenvalue weighted by Gasteiger charge is -2.07. The number of amides is 1. The first-order valence-corrected chi connectivity index (χ1v) is 7.40. The van der Waals surface area contributed by atoms with Crippen LogP contribution in [-0.4, -0.2) is 29.8 Å². The molecule has 1 heterocycles. The highest BCUT2D eigenvalue weighted by Crippen LogP contribution is 2.31. The van der Waals surface area contributed by atoms with E-state index in [1.54, 1.807) is 0 Å². The third-order valence-corrected chi connectivity index (χ3v) is 3.90. The predicted molar refractivity (Wildman–Crippen MR) is 76.0 cm³/mol. The van der Waals surface area contributed by atoms with Crippen molar-refractivity contribution in [3.63, 3.8) is 0 Å². The van der Waals surface area contributed by atoms with Gasteiger partial charge in [0.1, 0.15) is 5.75 Å². The number of ether oxygens (including phenoxy) is 1. The van der Waals surface area contributed by atoms with Gasteiger partial charge in [-0.3, -0.25) is 4.79 Å². The molecular weight excluding hydrogens is 319 g/mol. The highest BCUT2D eigenvalue weighted by Gasteiger charge is 2.31. The van der Waals surface area contributed by atoms with Crippen molar-refractivity contribution in [2.75, 3.05) is 11.9 Å². The quantitative estimate of drug-likeness (QED) is 0.884. The SMILES string of the molecule is O=C(CNC1CC1)Nc1nc2ccc(OC(F)(F)F)cc2s1. The number of nitrogens with one attached hydrogen (secondary N) is 2. The molecule has 118 valence electrons. The molecule has 1 amide bonds. The Balaban J connectivity index is 1.67. The number of carbonyl (C=O) groups is 1. The number of fused-ring (bicyclic) bond motifs is 1. The van der Waals surface area contributed by atoms with E-state index in [2.05, 4.69) is 20.4 Å². The molecule has 2 N–H and O–H groups in total. The summed E-state index contributed by atoms with van der Waals surface area (Å²) in [5.41, 5.74) is 0.505. The Bertz CT molecular complexity index is 697. The Morgan fingerprint density at radius 2 is 2.18 bits per heavy atom. The largest absolute Gasteiger partial charge is 0.573 e. The molecule has 1 aromatic carbocycles. The van der Waals surface area contributed by atoms with Crippen LogP contribution in [0.5, 0.6) is 5.75 Å². The van der Waals surface area contributed by atoms with Crippen LogP contribution in [0.3, 0.4) is 0 Å². The fourth-order valence-electron chi connectivity index (χ4n) is 1.84. The van der Waals surface area contributed by atoms with Crippen LogP contribution in [-0.2, 0) is 4.79 Å². The van der Waals surface area contributed by atoms with Crippen molar-refractivity contribution in [3.05, 3.63) is 18.2 Å². The summed E-state index contributed by atoms with van der Waals surface area (Å²) in [5, 5.41) is 6.04. The molecule has 1 fully saturated rings. The number of hydrogen-bond donors (Lipinski definition) is 2. The summed E-state index contributed by atoms with van der Waals surface area (Å²) >= 11 is 1.10. The summed E-state index contributed by atoms with van der Waals surface area (Å²) < 4.78 is 40.9. The van der Waals surface area contributed by atoms with Crippen LogP contribution in [0.4, 0.5) is 18.3 Å². The van der Waals surface area contributed by atoms with Gasteiger partial charge in [-0.15, -0.1) is 13.2 Å². The number of hydrogen-bond acceptors (Lipinski definition) is 5. The van der Waals surface area contributed by atoms with E-state index >= 15 is 0 Å². The summed E-state index contributed by atoms with van der Waals surface area (Å²) in [4.78, 5) is 15.9. The Hall–Kier alpha value is -1.87. The molecule has 2 aromatic rings. The third-order valence-electron chi connectivity index (χ3n) is 2.97. The van der Waals surface area contributed by atoms with Gasteiger partial charge in [0.15, 0.2) is 5.13 Å². The fraction of sp³-hybridized carbons (Fsp3) is 0.385. The second-order valence-electron chi connectivity index (χ2n) is 4.90. The summed E-state index contributed by atoms with van der Waals surface area (Å²) in [5.74, 6) is -0.533. The molecule has 1 aliphatic rings. The molecule has 1 aliphatic carbocycles. The molecule has 0 spiro atoms. The number of thiazole rings is 1. The lowest BCUT2D eigenvalue weighted by atomic mass is 10.3. The Morgan fingerprint density at radius 1 is 1.41 bits per heavy atom. The molecular formula is C13H12F3N3O2S. The zero-order chi connectivity index (χ0) is 15.7. The second kappa shape index (κ2) is 5.73. The average molecular weight is 331 g/mol. The van der Waals surface area contributed by atoms with E-state index in [1.165, 1.54) is 18.2 Å². The van der Waals surface area contributed by atoms with Gasteiger partial charge in [-0.05, 0) is 25.0 Å². The maximum absolute atomic E-state index is 12.2. The van der Waals surface area contributed by atoms with Crippen LogP contribution in [0.1, 0.15) is 12.8 Å². The van der Waals surface area contributed by atoms with Crippen molar-refractivity contribution in [2.45, 2.75) is 25.2 Å². The maximum atomic E-state index is 12.2. The molecule has 0 bridgehead atoms.